The van der Waals surface area contributed by atoms with Crippen LogP contribution in [-0.4, -0.2) is 13.4 Å². The molecule has 0 radical (unpaired) electrons. The van der Waals surface area contributed by atoms with Crippen molar-refractivity contribution in [2.45, 2.75) is 17.3 Å². The highest BCUT2D eigenvalue weighted by atomic mass is 35.7. The zero-order valence-corrected chi connectivity index (χ0v) is 9.45. The van der Waals surface area contributed by atoms with Crippen LogP contribution < -0.4 is 0 Å². The van der Waals surface area contributed by atoms with Gasteiger partial charge in [0.15, 0.2) is 5.03 Å². The predicted molar refractivity (Wildman–Crippen MR) is 51.8 cm³/mol. The van der Waals surface area contributed by atoms with Crippen LogP contribution in [-0.2, 0) is 14.9 Å². The van der Waals surface area contributed by atoms with E-state index in [1.54, 1.807) is 0 Å². The van der Waals surface area contributed by atoms with Gasteiger partial charge in [-0.3, -0.25) is 0 Å². The lowest BCUT2D eigenvalue weighted by atomic mass is 10.2. The van der Waals surface area contributed by atoms with E-state index < -0.39 is 26.1 Å². The van der Waals surface area contributed by atoms with Crippen LogP contribution in [0.15, 0.2) is 17.3 Å². The second-order valence-corrected chi connectivity index (χ2v) is 5.35. The minimum absolute atomic E-state index is 0.0375. The van der Waals surface area contributed by atoms with E-state index in [9.17, 15) is 17.2 Å². The summed E-state index contributed by atoms with van der Waals surface area (Å²) in [5.41, 5.74) is -0.431. The Morgan fingerprint density at radius 3 is 2.47 bits per heavy atom. The maximum absolute atomic E-state index is 12.2. The van der Waals surface area contributed by atoms with E-state index in [1.165, 1.54) is 0 Å². The van der Waals surface area contributed by atoms with Crippen LogP contribution in [0.2, 0.25) is 0 Å². The Kier molecular flexibility index (Phi) is 3.86. The summed E-state index contributed by atoms with van der Waals surface area (Å²) in [5, 5.41) is -0.483. The molecule has 0 amide bonds. The van der Waals surface area contributed by atoms with Crippen LogP contribution in [0.4, 0.5) is 8.78 Å². The van der Waals surface area contributed by atoms with Crippen molar-refractivity contribution in [3.63, 3.8) is 0 Å². The van der Waals surface area contributed by atoms with Gasteiger partial charge in [0.05, 0.1) is 5.88 Å². The zero-order chi connectivity index (χ0) is 11.6. The first-order valence-electron chi connectivity index (χ1n) is 3.64. The molecular weight excluding hydrogens is 271 g/mol. The molecule has 0 saturated heterocycles. The standard InChI is InChI=1S/C7H5Cl2F2NO2S/c8-2-4-1-5(6(10)11)3-12-7(4)15(9,13)14/h1,3,6H,2H2. The van der Waals surface area contributed by atoms with Gasteiger partial charge >= 0.3 is 0 Å². The molecule has 0 fully saturated rings. The molecule has 0 aliphatic heterocycles. The molecule has 0 bridgehead atoms. The minimum atomic E-state index is -4.06. The predicted octanol–water partition coefficient (Wildman–Crippen LogP) is 2.69. The van der Waals surface area contributed by atoms with Crippen molar-refractivity contribution in [2.75, 3.05) is 0 Å². The first kappa shape index (κ1) is 12.6. The molecule has 0 spiro atoms. The van der Waals surface area contributed by atoms with Gasteiger partial charge in [0.1, 0.15) is 0 Å². The molecule has 0 saturated carbocycles. The van der Waals surface area contributed by atoms with Crippen molar-refractivity contribution in [3.8, 4) is 0 Å². The van der Waals surface area contributed by atoms with Crippen LogP contribution in [0.3, 0.4) is 0 Å². The molecule has 84 valence electrons. The fourth-order valence-electron chi connectivity index (χ4n) is 0.951. The van der Waals surface area contributed by atoms with Crippen LogP contribution in [0.1, 0.15) is 17.6 Å². The summed E-state index contributed by atoms with van der Waals surface area (Å²) >= 11 is 5.41. The fourth-order valence-corrected chi connectivity index (χ4v) is 2.27. The van der Waals surface area contributed by atoms with Crippen molar-refractivity contribution in [2.24, 2.45) is 0 Å². The largest absolute Gasteiger partial charge is 0.278 e. The second kappa shape index (κ2) is 4.59. The summed E-state index contributed by atoms with van der Waals surface area (Å²) in [6.45, 7) is 0. The molecule has 0 N–H and O–H groups in total. The normalized spacial score (nSPS) is 12.1. The minimum Gasteiger partial charge on any atom is -0.243 e. The van der Waals surface area contributed by atoms with Gasteiger partial charge in [0.25, 0.3) is 15.5 Å². The first-order chi connectivity index (χ1) is 6.86. The number of pyridine rings is 1. The molecule has 1 aromatic heterocycles. The monoisotopic (exact) mass is 275 g/mol. The number of alkyl halides is 3. The average Bonchev–Trinajstić information content (AvgIpc) is 2.15. The van der Waals surface area contributed by atoms with Crippen molar-refractivity contribution >= 4 is 31.3 Å². The Labute approximate surface area is 94.4 Å². The molecule has 0 aliphatic rings. The molecule has 15 heavy (non-hydrogen) atoms. The smallest absolute Gasteiger partial charge is 0.243 e. The van der Waals surface area contributed by atoms with Gasteiger partial charge in [0.2, 0.25) is 0 Å². The van der Waals surface area contributed by atoms with Crippen molar-refractivity contribution < 1.29 is 17.2 Å². The van der Waals surface area contributed by atoms with Gasteiger partial charge in [-0.15, -0.1) is 11.6 Å². The molecule has 3 nitrogen and oxygen atoms in total. The summed E-state index contributed by atoms with van der Waals surface area (Å²) in [6, 6.07) is 0.972. The molecule has 0 aromatic carbocycles. The second-order valence-electron chi connectivity index (χ2n) is 2.61. The Morgan fingerprint density at radius 2 is 2.07 bits per heavy atom. The Hall–Kier alpha value is -0.460. The van der Waals surface area contributed by atoms with Gasteiger partial charge < -0.3 is 0 Å². The average molecular weight is 276 g/mol. The molecule has 8 heteroatoms. The Bertz CT molecular complexity index is 464. The summed E-state index contributed by atoms with van der Waals surface area (Å²) in [6.07, 6.45) is -1.97. The number of nitrogens with zero attached hydrogens (tertiary/aromatic N) is 1. The van der Waals surface area contributed by atoms with Crippen LogP contribution in [0, 0.1) is 0 Å². The van der Waals surface area contributed by atoms with Crippen LogP contribution in [0.5, 0.6) is 0 Å². The molecule has 1 aromatic rings. The maximum Gasteiger partial charge on any atom is 0.278 e. The van der Waals surface area contributed by atoms with Gasteiger partial charge in [-0.2, -0.15) is 0 Å². The topological polar surface area (TPSA) is 47.0 Å². The highest BCUT2D eigenvalue weighted by molar-refractivity contribution is 8.13. The molecule has 1 heterocycles. The summed E-state index contributed by atoms with van der Waals surface area (Å²) < 4.78 is 46.4. The molecule has 0 atom stereocenters. The molecular formula is C7H5Cl2F2NO2S. The van der Waals surface area contributed by atoms with E-state index in [4.69, 9.17) is 22.3 Å². The van der Waals surface area contributed by atoms with Crippen molar-refractivity contribution in [1.29, 1.82) is 0 Å². The lowest BCUT2D eigenvalue weighted by Gasteiger charge is -2.05. The number of hydrogen-bond donors (Lipinski definition) is 0. The van der Waals surface area contributed by atoms with E-state index in [0.717, 1.165) is 12.3 Å². The number of halogens is 4. The lowest BCUT2D eigenvalue weighted by Crippen LogP contribution is -2.02. The van der Waals surface area contributed by atoms with E-state index in [0.29, 0.717) is 0 Å². The van der Waals surface area contributed by atoms with Crippen LogP contribution in [0.25, 0.3) is 0 Å². The van der Waals surface area contributed by atoms with Crippen LogP contribution >= 0.6 is 22.3 Å². The quantitative estimate of drug-likeness (QED) is 0.630. The van der Waals surface area contributed by atoms with Gasteiger partial charge in [-0.1, -0.05) is 0 Å². The summed E-state index contributed by atoms with van der Waals surface area (Å²) in [7, 11) is 0.982. The first-order valence-corrected chi connectivity index (χ1v) is 6.48. The third-order valence-corrected chi connectivity index (χ3v) is 3.13. The molecule has 1 rings (SSSR count). The fraction of sp³-hybridized carbons (Fsp3) is 0.286. The highest BCUT2D eigenvalue weighted by Crippen LogP contribution is 2.24. The van der Waals surface area contributed by atoms with E-state index >= 15 is 0 Å². The van der Waals surface area contributed by atoms with Gasteiger partial charge in [-0.05, 0) is 6.07 Å². The Morgan fingerprint density at radius 1 is 1.47 bits per heavy atom. The lowest BCUT2D eigenvalue weighted by molar-refractivity contribution is 0.150. The maximum atomic E-state index is 12.2. The number of hydrogen-bond acceptors (Lipinski definition) is 3. The van der Waals surface area contributed by atoms with Gasteiger partial charge in [0, 0.05) is 28.0 Å². The van der Waals surface area contributed by atoms with E-state index in [2.05, 4.69) is 4.98 Å². The van der Waals surface area contributed by atoms with E-state index in [-0.39, 0.29) is 11.4 Å². The molecule has 0 aliphatic carbocycles. The highest BCUT2D eigenvalue weighted by Gasteiger charge is 2.19. The van der Waals surface area contributed by atoms with Crippen molar-refractivity contribution in [1.82, 2.24) is 4.98 Å². The third kappa shape index (κ3) is 2.99. The van der Waals surface area contributed by atoms with E-state index in [1.807, 2.05) is 0 Å². The summed E-state index contributed by atoms with van der Waals surface area (Å²) in [4.78, 5) is 3.36. The third-order valence-electron chi connectivity index (χ3n) is 1.57. The zero-order valence-electron chi connectivity index (χ0n) is 7.12. The summed E-state index contributed by atoms with van der Waals surface area (Å²) in [5.74, 6) is -0.255. The Balaban J connectivity index is 3.34. The molecule has 0 unspecified atom stereocenters. The number of rotatable bonds is 3. The number of aromatic nitrogens is 1. The van der Waals surface area contributed by atoms with Crippen molar-refractivity contribution in [3.05, 3.63) is 23.4 Å². The van der Waals surface area contributed by atoms with Gasteiger partial charge in [-0.25, -0.2) is 22.2 Å². The SMILES string of the molecule is O=S(=O)(Cl)c1ncc(C(F)F)cc1CCl.